The molecule has 1 heterocycles. The van der Waals surface area contributed by atoms with E-state index in [9.17, 15) is 14.4 Å². The lowest BCUT2D eigenvalue weighted by Gasteiger charge is -2.35. The third kappa shape index (κ3) is 5.76. The molecule has 2 aliphatic rings. The molecule has 1 saturated carbocycles. The van der Waals surface area contributed by atoms with Crippen LogP contribution < -0.4 is 14.8 Å². The molecule has 4 amide bonds. The fourth-order valence-electron chi connectivity index (χ4n) is 4.26. The Bertz CT molecular complexity index is 1210. The van der Waals surface area contributed by atoms with E-state index in [1.807, 2.05) is 0 Å². The molecule has 1 N–H and O–H groups in total. The highest BCUT2D eigenvalue weighted by Gasteiger charge is 2.40. The first-order valence-electron chi connectivity index (χ1n) is 11.1. The highest BCUT2D eigenvalue weighted by Crippen LogP contribution is 2.36. The Morgan fingerprint density at radius 1 is 1.11 bits per heavy atom. The number of barbiturate groups is 1. The number of hydrogen-bond donors (Lipinski definition) is 1. The molecule has 0 spiro atoms. The summed E-state index contributed by atoms with van der Waals surface area (Å²) in [6, 6.07) is 7.77. The van der Waals surface area contributed by atoms with Crippen molar-refractivity contribution in [2.45, 2.75) is 44.8 Å². The molecule has 35 heavy (non-hydrogen) atoms. The number of halogens is 3. The van der Waals surface area contributed by atoms with Crippen molar-refractivity contribution in [1.29, 1.82) is 0 Å². The van der Waals surface area contributed by atoms with Crippen molar-refractivity contribution >= 4 is 69.7 Å². The quantitative estimate of drug-likeness (QED) is 0.242. The lowest BCUT2D eigenvalue weighted by atomic mass is 9.93. The van der Waals surface area contributed by atoms with Crippen molar-refractivity contribution in [2.24, 2.45) is 0 Å². The summed E-state index contributed by atoms with van der Waals surface area (Å²) >= 11 is 14.3. The van der Waals surface area contributed by atoms with Crippen LogP contribution in [0.25, 0.3) is 6.08 Å². The fraction of sp³-hybridized carbons (Fsp3) is 0.320. The predicted molar refractivity (Wildman–Crippen MR) is 142 cm³/mol. The average molecular weight is 629 g/mol. The number of methoxy groups -OCH3 is 1. The van der Waals surface area contributed by atoms with Crippen molar-refractivity contribution in [2.75, 3.05) is 7.11 Å². The summed E-state index contributed by atoms with van der Waals surface area (Å²) in [5.41, 5.74) is 1.24. The Hall–Kier alpha value is -2.30. The molecule has 4 rings (SSSR count). The van der Waals surface area contributed by atoms with E-state index >= 15 is 0 Å². The maximum absolute atomic E-state index is 13.2. The zero-order valence-corrected chi connectivity index (χ0v) is 22.6. The summed E-state index contributed by atoms with van der Waals surface area (Å²) < 4.78 is 12.2. The fourth-order valence-corrected chi connectivity index (χ4v) is 5.50. The van der Waals surface area contributed by atoms with Crippen LogP contribution in [0, 0.1) is 3.57 Å². The van der Waals surface area contributed by atoms with Gasteiger partial charge in [0.1, 0.15) is 12.2 Å². The maximum atomic E-state index is 13.2. The Kier molecular flexibility index (Phi) is 8.23. The maximum Gasteiger partial charge on any atom is 0.331 e. The van der Waals surface area contributed by atoms with Gasteiger partial charge in [-0.2, -0.15) is 0 Å². The predicted octanol–water partition coefficient (Wildman–Crippen LogP) is 5.98. The topological polar surface area (TPSA) is 84.9 Å². The number of ether oxygens (including phenoxy) is 2. The van der Waals surface area contributed by atoms with E-state index in [2.05, 4.69) is 27.9 Å². The monoisotopic (exact) mass is 628 g/mol. The van der Waals surface area contributed by atoms with E-state index in [1.165, 1.54) is 18.1 Å². The molecule has 0 bridgehead atoms. The highest BCUT2D eigenvalue weighted by molar-refractivity contribution is 14.1. The van der Waals surface area contributed by atoms with Gasteiger partial charge in [0, 0.05) is 21.7 Å². The molecular formula is C25H23Cl2IN2O5. The number of nitrogens with zero attached hydrogens (tertiary/aromatic N) is 1. The number of amides is 4. The summed E-state index contributed by atoms with van der Waals surface area (Å²) in [6.45, 7) is 0.197. The van der Waals surface area contributed by atoms with Gasteiger partial charge in [-0.15, -0.1) is 0 Å². The number of imide groups is 2. The Morgan fingerprint density at radius 2 is 1.86 bits per heavy atom. The van der Waals surface area contributed by atoms with Gasteiger partial charge in [-0.05, 0) is 71.3 Å². The number of carbonyl (C=O) groups is 3. The van der Waals surface area contributed by atoms with Crippen molar-refractivity contribution in [3.63, 3.8) is 0 Å². The van der Waals surface area contributed by atoms with E-state index in [0.717, 1.165) is 37.7 Å². The van der Waals surface area contributed by atoms with E-state index < -0.39 is 17.8 Å². The Morgan fingerprint density at radius 3 is 2.54 bits per heavy atom. The van der Waals surface area contributed by atoms with E-state index in [1.54, 1.807) is 30.3 Å². The zero-order chi connectivity index (χ0) is 25.1. The van der Waals surface area contributed by atoms with Crippen LogP contribution in [0.4, 0.5) is 4.79 Å². The van der Waals surface area contributed by atoms with E-state index in [0.29, 0.717) is 30.7 Å². The SMILES string of the molecule is COc1cc(C=C2C(=O)NC(=O)N(C3CCCCC3)C2=O)cc(I)c1OCc1ccc(Cl)cc1Cl. The first-order valence-corrected chi connectivity index (χ1v) is 13.0. The second-order valence-corrected chi connectivity index (χ2v) is 10.3. The van der Waals surface area contributed by atoms with Gasteiger partial charge < -0.3 is 9.47 Å². The van der Waals surface area contributed by atoms with Crippen LogP contribution in [0.3, 0.4) is 0 Å². The van der Waals surface area contributed by atoms with Gasteiger partial charge in [0.25, 0.3) is 11.8 Å². The van der Waals surface area contributed by atoms with Gasteiger partial charge >= 0.3 is 6.03 Å². The molecule has 0 unspecified atom stereocenters. The molecule has 10 heteroatoms. The minimum atomic E-state index is -0.709. The molecule has 0 aromatic heterocycles. The molecule has 1 saturated heterocycles. The average Bonchev–Trinajstić information content (AvgIpc) is 2.82. The number of benzene rings is 2. The lowest BCUT2D eigenvalue weighted by molar-refractivity contribution is -0.132. The number of hydrogen-bond acceptors (Lipinski definition) is 5. The molecular weight excluding hydrogens is 606 g/mol. The largest absolute Gasteiger partial charge is 0.493 e. The third-order valence-electron chi connectivity index (χ3n) is 6.02. The van der Waals surface area contributed by atoms with Crippen LogP contribution in [0.2, 0.25) is 10.0 Å². The van der Waals surface area contributed by atoms with Crippen LogP contribution in [-0.4, -0.2) is 35.9 Å². The summed E-state index contributed by atoms with van der Waals surface area (Å²) in [5, 5.41) is 3.34. The third-order valence-corrected chi connectivity index (χ3v) is 7.41. The van der Waals surface area contributed by atoms with Crippen LogP contribution in [0.15, 0.2) is 35.9 Å². The smallest absolute Gasteiger partial charge is 0.331 e. The number of rotatable bonds is 6. The second-order valence-electron chi connectivity index (χ2n) is 8.34. The molecule has 1 aliphatic carbocycles. The van der Waals surface area contributed by atoms with Crippen LogP contribution in [-0.2, 0) is 16.2 Å². The van der Waals surface area contributed by atoms with Crippen LogP contribution >= 0.6 is 45.8 Å². The molecule has 1 aliphatic heterocycles. The van der Waals surface area contributed by atoms with Crippen molar-refractivity contribution in [3.8, 4) is 11.5 Å². The standard InChI is InChI=1S/C25H23Cl2IN2O5/c1-34-21-11-14(10-20(28)22(21)35-13-15-7-8-16(26)12-19(15)27)9-18-23(31)29-25(33)30(24(18)32)17-5-3-2-4-6-17/h7-12,17H,2-6,13H2,1H3,(H,29,31,33). The molecule has 7 nitrogen and oxygen atoms in total. The van der Waals surface area contributed by atoms with Crippen LogP contribution in [0.1, 0.15) is 43.2 Å². The van der Waals surface area contributed by atoms with Gasteiger partial charge in [-0.3, -0.25) is 19.8 Å². The normalized spacial score (nSPS) is 18.1. The first kappa shape index (κ1) is 25.8. The summed E-state index contributed by atoms with van der Waals surface area (Å²) in [4.78, 5) is 39.3. The van der Waals surface area contributed by atoms with Gasteiger partial charge in [0.05, 0.1) is 10.7 Å². The van der Waals surface area contributed by atoms with Crippen LogP contribution in [0.5, 0.6) is 11.5 Å². The number of nitrogens with one attached hydrogen (secondary N) is 1. The first-order chi connectivity index (χ1) is 16.8. The minimum absolute atomic E-state index is 0.0883. The van der Waals surface area contributed by atoms with E-state index in [4.69, 9.17) is 32.7 Å². The minimum Gasteiger partial charge on any atom is -0.493 e. The summed E-state index contributed by atoms with van der Waals surface area (Å²) in [5.74, 6) is -0.353. The number of urea groups is 1. The second kappa shape index (κ2) is 11.2. The van der Waals surface area contributed by atoms with Crippen molar-refractivity contribution < 1.29 is 23.9 Å². The van der Waals surface area contributed by atoms with Crippen molar-refractivity contribution in [1.82, 2.24) is 10.2 Å². The van der Waals surface area contributed by atoms with E-state index in [-0.39, 0.29) is 18.2 Å². The summed E-state index contributed by atoms with van der Waals surface area (Å²) in [6.07, 6.45) is 5.95. The molecule has 2 aromatic carbocycles. The molecule has 0 radical (unpaired) electrons. The Balaban J connectivity index is 1.60. The lowest BCUT2D eigenvalue weighted by Crippen LogP contribution is -2.58. The molecule has 0 atom stereocenters. The van der Waals surface area contributed by atoms with Gasteiger partial charge in [0.15, 0.2) is 11.5 Å². The zero-order valence-electron chi connectivity index (χ0n) is 18.9. The highest BCUT2D eigenvalue weighted by atomic mass is 127. The van der Waals surface area contributed by atoms with Gasteiger partial charge in [0.2, 0.25) is 0 Å². The Labute approximate surface area is 226 Å². The van der Waals surface area contributed by atoms with Crippen molar-refractivity contribution in [3.05, 3.63) is 60.6 Å². The molecule has 2 fully saturated rings. The van der Waals surface area contributed by atoms with Gasteiger partial charge in [-0.25, -0.2) is 4.79 Å². The van der Waals surface area contributed by atoms with Gasteiger partial charge in [-0.1, -0.05) is 48.5 Å². The summed E-state index contributed by atoms with van der Waals surface area (Å²) in [7, 11) is 1.51. The molecule has 2 aromatic rings. The number of carbonyl (C=O) groups excluding carboxylic acids is 3. The molecule has 184 valence electrons.